The summed E-state index contributed by atoms with van der Waals surface area (Å²) >= 11 is 6.02. The number of ether oxygens (including phenoxy) is 1. The first-order valence-electron chi connectivity index (χ1n) is 16.2. The van der Waals surface area contributed by atoms with Crippen LogP contribution in [0.1, 0.15) is 72.4 Å². The summed E-state index contributed by atoms with van der Waals surface area (Å²) in [5, 5.41) is 16.8. The third-order valence-electron chi connectivity index (χ3n) is 8.97. The highest BCUT2D eigenvalue weighted by molar-refractivity contribution is 6.33. The summed E-state index contributed by atoms with van der Waals surface area (Å²) in [5.74, 6) is -3.01. The van der Waals surface area contributed by atoms with Crippen molar-refractivity contribution in [1.29, 1.82) is 0 Å². The number of likely N-dealkylation sites (tertiary alicyclic amines) is 1. The largest absolute Gasteiger partial charge is 0.504 e. The van der Waals surface area contributed by atoms with Gasteiger partial charge in [0, 0.05) is 17.8 Å². The van der Waals surface area contributed by atoms with Gasteiger partial charge in [0.2, 0.25) is 11.7 Å². The van der Waals surface area contributed by atoms with E-state index in [1.807, 2.05) is 13.8 Å². The highest BCUT2D eigenvalue weighted by Crippen LogP contribution is 2.37. The van der Waals surface area contributed by atoms with Gasteiger partial charge in [-0.15, -0.1) is 5.10 Å². The number of hydrogen-bond donors (Lipinski definition) is 2. The van der Waals surface area contributed by atoms with E-state index < -0.39 is 52.0 Å². The van der Waals surface area contributed by atoms with Crippen molar-refractivity contribution in [3.05, 3.63) is 85.3 Å². The molecule has 0 spiro atoms. The molecule has 0 aliphatic carbocycles. The fourth-order valence-electron chi connectivity index (χ4n) is 6.39. The zero-order valence-electron chi connectivity index (χ0n) is 28.4. The van der Waals surface area contributed by atoms with Gasteiger partial charge in [-0.05, 0) is 69.4 Å². The molecule has 2 amide bonds. The molecule has 2 aliphatic rings. The van der Waals surface area contributed by atoms with Crippen LogP contribution in [0, 0.1) is 12.7 Å². The second kappa shape index (κ2) is 13.8. The predicted octanol–water partition coefficient (Wildman–Crippen LogP) is 5.22. The number of amides is 2. The summed E-state index contributed by atoms with van der Waals surface area (Å²) in [4.78, 5) is 55.3. The molecule has 6 rings (SSSR count). The number of nitrogens with one attached hydrogen (secondary N) is 1. The number of alkyl halides is 3. The number of benzene rings is 1. The molecule has 18 heteroatoms. The number of halogens is 5. The number of carbonyl (C=O) groups is 2. The smallest absolute Gasteiger partial charge is 0.419 e. The molecule has 0 atom stereocenters. The number of aryl methyl sites for hydroxylation is 1. The van der Waals surface area contributed by atoms with E-state index >= 15 is 0 Å². The van der Waals surface area contributed by atoms with Crippen molar-refractivity contribution in [1.82, 2.24) is 34.0 Å². The summed E-state index contributed by atoms with van der Waals surface area (Å²) in [7, 11) is 0. The van der Waals surface area contributed by atoms with Crippen molar-refractivity contribution < 1.29 is 37.0 Å². The summed E-state index contributed by atoms with van der Waals surface area (Å²) in [6.45, 7) is 7.29. The predicted molar refractivity (Wildman–Crippen MR) is 181 cm³/mol. The molecule has 2 N–H and O–H groups in total. The van der Waals surface area contributed by atoms with Crippen molar-refractivity contribution in [2.75, 3.05) is 25.1 Å². The second-order valence-electron chi connectivity index (χ2n) is 13.0. The SMILES string of the molecule is CCc1c(/C=C2/CN(C(=O)c3ncnc(C)c3O)C(C)(C)C2)c(=O)n2nc(C3=CCOCC3)nc2n1CC(=O)Nc1cc(F)c(C(F)(F)F)cc1Cl. The Bertz CT molecular complexity index is 2250. The average Bonchev–Trinajstić information content (AvgIpc) is 3.66. The molecule has 0 bridgehead atoms. The summed E-state index contributed by atoms with van der Waals surface area (Å²) in [5.41, 5.74) is -1.22. The molecule has 1 saturated heterocycles. The molecule has 13 nitrogen and oxygen atoms in total. The highest BCUT2D eigenvalue weighted by Gasteiger charge is 2.40. The van der Waals surface area contributed by atoms with Gasteiger partial charge in [0.25, 0.3) is 11.5 Å². The van der Waals surface area contributed by atoms with Crippen LogP contribution < -0.4 is 10.9 Å². The van der Waals surface area contributed by atoms with E-state index in [2.05, 4.69) is 25.4 Å². The molecule has 0 unspecified atom stereocenters. The minimum atomic E-state index is -5.00. The van der Waals surface area contributed by atoms with Gasteiger partial charge in [-0.3, -0.25) is 14.4 Å². The number of rotatable bonds is 7. The van der Waals surface area contributed by atoms with Gasteiger partial charge in [-0.25, -0.2) is 14.4 Å². The van der Waals surface area contributed by atoms with Gasteiger partial charge in [0.05, 0.1) is 40.7 Å². The van der Waals surface area contributed by atoms with E-state index in [-0.39, 0.29) is 53.0 Å². The highest BCUT2D eigenvalue weighted by atomic mass is 35.5. The molecule has 1 aromatic carbocycles. The Balaban J connectivity index is 1.43. The molecule has 3 aromatic heterocycles. The Morgan fingerprint density at radius 1 is 1.21 bits per heavy atom. The lowest BCUT2D eigenvalue weighted by Crippen LogP contribution is -2.43. The van der Waals surface area contributed by atoms with Crippen LogP contribution in [0.25, 0.3) is 17.4 Å². The summed E-state index contributed by atoms with van der Waals surface area (Å²) in [6, 6.07) is 0.882. The summed E-state index contributed by atoms with van der Waals surface area (Å²) < 4.78 is 62.0. The number of anilines is 1. The van der Waals surface area contributed by atoms with Gasteiger partial charge >= 0.3 is 6.18 Å². The van der Waals surface area contributed by atoms with Crippen LogP contribution in [0.4, 0.5) is 23.2 Å². The minimum Gasteiger partial charge on any atom is -0.504 e. The Morgan fingerprint density at radius 2 is 1.96 bits per heavy atom. The molecule has 0 radical (unpaired) electrons. The second-order valence-corrected chi connectivity index (χ2v) is 13.4. The third kappa shape index (κ3) is 6.89. The quantitative estimate of drug-likeness (QED) is 0.242. The molecule has 0 saturated carbocycles. The van der Waals surface area contributed by atoms with E-state index in [1.54, 1.807) is 26.0 Å². The topological polar surface area (TPSA) is 157 Å². The van der Waals surface area contributed by atoms with Crippen LogP contribution in [0.3, 0.4) is 0 Å². The fourth-order valence-corrected chi connectivity index (χ4v) is 6.60. The maximum Gasteiger partial charge on any atom is 0.419 e. The van der Waals surface area contributed by atoms with Crippen LogP contribution in [0.5, 0.6) is 5.75 Å². The van der Waals surface area contributed by atoms with E-state index in [0.717, 1.165) is 10.1 Å². The Kier molecular flexibility index (Phi) is 9.69. The fraction of sp³-hybridized carbons (Fsp3) is 0.382. The lowest BCUT2D eigenvalue weighted by atomic mass is 9.98. The number of carbonyl (C=O) groups excluding carboxylic acids is 2. The van der Waals surface area contributed by atoms with E-state index in [4.69, 9.17) is 16.3 Å². The zero-order chi connectivity index (χ0) is 37.7. The zero-order valence-corrected chi connectivity index (χ0v) is 29.2. The average molecular weight is 745 g/mol. The lowest BCUT2D eigenvalue weighted by molar-refractivity contribution is -0.140. The van der Waals surface area contributed by atoms with Crippen LogP contribution in [-0.4, -0.2) is 76.3 Å². The first-order valence-corrected chi connectivity index (χ1v) is 16.6. The van der Waals surface area contributed by atoms with Gasteiger partial charge in [-0.2, -0.15) is 22.7 Å². The van der Waals surface area contributed by atoms with E-state index in [9.17, 15) is 37.1 Å². The van der Waals surface area contributed by atoms with Gasteiger partial charge in [0.15, 0.2) is 17.3 Å². The summed E-state index contributed by atoms with van der Waals surface area (Å²) in [6.07, 6.45) is 0.653. The molecule has 2 aliphatic heterocycles. The first-order chi connectivity index (χ1) is 24.5. The van der Waals surface area contributed by atoms with E-state index in [1.165, 1.54) is 15.8 Å². The van der Waals surface area contributed by atoms with Crippen molar-refractivity contribution in [2.45, 2.75) is 65.2 Å². The van der Waals surface area contributed by atoms with Crippen molar-refractivity contribution in [2.24, 2.45) is 0 Å². The van der Waals surface area contributed by atoms with Crippen LogP contribution in [0.15, 0.2) is 34.9 Å². The van der Waals surface area contributed by atoms with Crippen molar-refractivity contribution in [3.63, 3.8) is 0 Å². The van der Waals surface area contributed by atoms with Crippen molar-refractivity contribution in [3.8, 4) is 5.75 Å². The number of hydrogen-bond acceptors (Lipinski definition) is 9. The van der Waals surface area contributed by atoms with Gasteiger partial charge < -0.3 is 24.6 Å². The number of fused-ring (bicyclic) bond motifs is 1. The molecular weight excluding hydrogens is 712 g/mol. The normalized spacial score (nSPS) is 16.8. The van der Waals surface area contributed by atoms with E-state index in [0.29, 0.717) is 49.5 Å². The maximum atomic E-state index is 14.4. The van der Waals surface area contributed by atoms with Gasteiger partial charge in [-0.1, -0.05) is 24.6 Å². The lowest BCUT2D eigenvalue weighted by Gasteiger charge is -2.30. The van der Waals surface area contributed by atoms with Crippen LogP contribution in [-0.2, 0) is 28.7 Å². The molecule has 274 valence electrons. The number of aromatic hydroxyl groups is 1. The molecule has 1 fully saturated rings. The maximum absolute atomic E-state index is 14.4. The van der Waals surface area contributed by atoms with Crippen molar-refractivity contribution >= 4 is 46.5 Å². The Morgan fingerprint density at radius 3 is 2.63 bits per heavy atom. The molecule has 5 heterocycles. The standard InChI is InChI=1S/C34H33ClF4N8O5/c1-5-25-20(10-18-13-33(3,4)46(14-18)31(51)27-28(49)17(2)40-16-41-27)30(50)47-32(43-29(44-47)19-6-8-52-9-7-19)45(25)15-26(48)42-24-12-23(36)21(11-22(24)35)34(37,38)39/h6,10-12,16,49H,5,7-9,13-15H2,1-4H3,(H,42,48)/b18-10+. The van der Waals surface area contributed by atoms with Crippen LogP contribution in [0.2, 0.25) is 5.02 Å². The number of aromatic nitrogens is 6. The van der Waals surface area contributed by atoms with Crippen LogP contribution >= 0.6 is 11.6 Å². The number of nitrogens with zero attached hydrogens (tertiary/aromatic N) is 7. The third-order valence-corrected chi connectivity index (χ3v) is 9.28. The Hall–Kier alpha value is -5.16. The van der Waals surface area contributed by atoms with Gasteiger partial charge in [0.1, 0.15) is 18.7 Å². The minimum absolute atomic E-state index is 0.0180. The monoisotopic (exact) mass is 744 g/mol. The molecule has 52 heavy (non-hydrogen) atoms. The Labute approximate surface area is 298 Å². The molecular formula is C34H33ClF4N8O5. The first kappa shape index (κ1) is 36.6. The molecule has 4 aromatic rings.